The molecule has 0 aliphatic carbocycles. The van der Waals surface area contributed by atoms with Gasteiger partial charge in [0, 0.05) is 11.0 Å². The largest absolute Gasteiger partial charge is 0.331 e. The fourth-order valence-corrected chi connectivity index (χ4v) is 2.98. The van der Waals surface area contributed by atoms with E-state index in [1.807, 2.05) is 31.2 Å². The van der Waals surface area contributed by atoms with E-state index in [0.29, 0.717) is 28.8 Å². The van der Waals surface area contributed by atoms with Gasteiger partial charge in [0.05, 0.1) is 23.0 Å². The highest BCUT2D eigenvalue weighted by atomic mass is 79.9. The topological polar surface area (TPSA) is 66.1 Å². The van der Waals surface area contributed by atoms with Gasteiger partial charge in [-0.1, -0.05) is 24.3 Å². The zero-order chi connectivity index (χ0) is 17.1. The van der Waals surface area contributed by atoms with Crippen molar-refractivity contribution in [3.8, 4) is 0 Å². The molecule has 3 aromatic rings. The molecule has 0 spiro atoms. The molecule has 0 radical (unpaired) electrons. The van der Waals surface area contributed by atoms with Crippen molar-refractivity contribution in [1.82, 2.24) is 14.9 Å². The Kier molecular flexibility index (Phi) is 4.76. The van der Waals surface area contributed by atoms with Crippen LogP contribution in [0.1, 0.15) is 23.1 Å². The number of hydrogen-bond donors (Lipinski definition) is 1. The van der Waals surface area contributed by atoms with E-state index in [-0.39, 0.29) is 18.0 Å². The first-order valence-electron chi connectivity index (χ1n) is 7.62. The van der Waals surface area contributed by atoms with Crippen molar-refractivity contribution < 1.29 is 4.79 Å². The molecule has 1 amide bonds. The number of H-pyrrole nitrogens is 1. The quantitative estimate of drug-likeness (QED) is 0.748. The SMILES string of the molecule is CCN(Cc1nc2ccccc2c(=O)[nH]1)C(=O)c1ccccc1Br. The lowest BCUT2D eigenvalue weighted by atomic mass is 10.2. The number of nitrogens with zero attached hydrogens (tertiary/aromatic N) is 2. The molecule has 122 valence electrons. The number of aromatic amines is 1. The third-order valence-corrected chi connectivity index (χ3v) is 4.47. The van der Waals surface area contributed by atoms with Crippen molar-refractivity contribution in [2.45, 2.75) is 13.5 Å². The molecule has 1 heterocycles. The van der Waals surface area contributed by atoms with Crippen molar-refractivity contribution in [3.63, 3.8) is 0 Å². The summed E-state index contributed by atoms with van der Waals surface area (Å²) in [4.78, 5) is 33.8. The van der Waals surface area contributed by atoms with Crippen molar-refractivity contribution in [1.29, 1.82) is 0 Å². The Labute approximate surface area is 147 Å². The second kappa shape index (κ2) is 6.97. The van der Waals surface area contributed by atoms with E-state index in [1.165, 1.54) is 0 Å². The zero-order valence-electron chi connectivity index (χ0n) is 13.1. The number of para-hydroxylation sites is 1. The van der Waals surface area contributed by atoms with Crippen LogP contribution < -0.4 is 5.56 Å². The fourth-order valence-electron chi connectivity index (χ4n) is 2.52. The van der Waals surface area contributed by atoms with Gasteiger partial charge in [0.2, 0.25) is 0 Å². The molecule has 0 saturated carbocycles. The first-order valence-corrected chi connectivity index (χ1v) is 8.41. The van der Waals surface area contributed by atoms with Gasteiger partial charge in [0.25, 0.3) is 11.5 Å². The van der Waals surface area contributed by atoms with Gasteiger partial charge in [0.1, 0.15) is 5.82 Å². The maximum atomic E-state index is 12.7. The van der Waals surface area contributed by atoms with Gasteiger partial charge in [-0.15, -0.1) is 0 Å². The first kappa shape index (κ1) is 16.4. The van der Waals surface area contributed by atoms with E-state index in [2.05, 4.69) is 25.9 Å². The number of carbonyl (C=O) groups is 1. The van der Waals surface area contributed by atoms with Crippen LogP contribution in [0, 0.1) is 0 Å². The molecule has 0 aliphatic heterocycles. The van der Waals surface area contributed by atoms with Gasteiger partial charge < -0.3 is 9.88 Å². The molecular formula is C18H16BrN3O2. The Morgan fingerprint density at radius 1 is 1.17 bits per heavy atom. The lowest BCUT2D eigenvalue weighted by Gasteiger charge is -2.21. The smallest absolute Gasteiger partial charge is 0.258 e. The maximum Gasteiger partial charge on any atom is 0.258 e. The number of fused-ring (bicyclic) bond motifs is 1. The van der Waals surface area contributed by atoms with E-state index in [4.69, 9.17) is 0 Å². The Morgan fingerprint density at radius 2 is 1.88 bits per heavy atom. The summed E-state index contributed by atoms with van der Waals surface area (Å²) >= 11 is 3.40. The summed E-state index contributed by atoms with van der Waals surface area (Å²) in [7, 11) is 0. The molecule has 6 heteroatoms. The number of benzene rings is 2. The molecule has 0 unspecified atom stereocenters. The van der Waals surface area contributed by atoms with Crippen LogP contribution in [-0.4, -0.2) is 27.3 Å². The first-order chi connectivity index (χ1) is 11.6. The van der Waals surface area contributed by atoms with Crippen LogP contribution in [0.4, 0.5) is 0 Å². The van der Waals surface area contributed by atoms with Crippen molar-refractivity contribution >= 4 is 32.7 Å². The highest BCUT2D eigenvalue weighted by Crippen LogP contribution is 2.18. The average Bonchev–Trinajstić information content (AvgIpc) is 2.59. The lowest BCUT2D eigenvalue weighted by molar-refractivity contribution is 0.0747. The number of halogens is 1. The normalized spacial score (nSPS) is 10.8. The summed E-state index contributed by atoms with van der Waals surface area (Å²) in [6, 6.07) is 14.4. The molecule has 0 atom stereocenters. The van der Waals surface area contributed by atoms with E-state index >= 15 is 0 Å². The number of carbonyl (C=O) groups excluding carboxylic acids is 1. The maximum absolute atomic E-state index is 12.7. The van der Waals surface area contributed by atoms with Crippen LogP contribution in [0.15, 0.2) is 57.8 Å². The summed E-state index contributed by atoms with van der Waals surface area (Å²) in [6.07, 6.45) is 0. The summed E-state index contributed by atoms with van der Waals surface area (Å²) in [5.41, 5.74) is 1.02. The zero-order valence-corrected chi connectivity index (χ0v) is 14.7. The summed E-state index contributed by atoms with van der Waals surface area (Å²) in [5.74, 6) is 0.363. The van der Waals surface area contributed by atoms with E-state index < -0.39 is 0 Å². The van der Waals surface area contributed by atoms with E-state index in [1.54, 1.807) is 29.2 Å². The van der Waals surface area contributed by atoms with Crippen molar-refractivity contribution in [3.05, 3.63) is 74.7 Å². The molecule has 5 nitrogen and oxygen atoms in total. The van der Waals surface area contributed by atoms with Gasteiger partial charge in [-0.25, -0.2) is 4.98 Å². The van der Waals surface area contributed by atoms with E-state index in [0.717, 1.165) is 4.47 Å². The Hall–Kier alpha value is -2.47. The minimum Gasteiger partial charge on any atom is -0.331 e. The standard InChI is InChI=1S/C18H16BrN3O2/c1-2-22(18(24)12-7-3-5-9-14(12)19)11-16-20-15-10-6-4-8-13(15)17(23)21-16/h3-10H,2,11H2,1H3,(H,20,21,23). The fraction of sp³-hybridized carbons (Fsp3) is 0.167. The highest BCUT2D eigenvalue weighted by Gasteiger charge is 2.18. The highest BCUT2D eigenvalue weighted by molar-refractivity contribution is 9.10. The Morgan fingerprint density at radius 3 is 2.62 bits per heavy atom. The molecule has 0 fully saturated rings. The molecule has 1 N–H and O–H groups in total. The molecule has 1 aromatic heterocycles. The molecule has 0 bridgehead atoms. The molecular weight excluding hydrogens is 370 g/mol. The number of aromatic nitrogens is 2. The number of rotatable bonds is 4. The number of hydrogen-bond acceptors (Lipinski definition) is 3. The molecule has 0 aliphatic rings. The van der Waals surface area contributed by atoms with Crippen LogP contribution in [0.3, 0.4) is 0 Å². The van der Waals surface area contributed by atoms with Crippen molar-refractivity contribution in [2.75, 3.05) is 6.54 Å². The molecule has 3 rings (SSSR count). The number of nitrogens with one attached hydrogen (secondary N) is 1. The van der Waals surface area contributed by atoms with Crippen LogP contribution in [0.5, 0.6) is 0 Å². The third-order valence-electron chi connectivity index (χ3n) is 3.78. The van der Waals surface area contributed by atoms with Crippen LogP contribution in [0.2, 0.25) is 0 Å². The van der Waals surface area contributed by atoms with Crippen LogP contribution >= 0.6 is 15.9 Å². The predicted molar refractivity (Wildman–Crippen MR) is 96.9 cm³/mol. The number of amides is 1. The van der Waals surface area contributed by atoms with E-state index in [9.17, 15) is 9.59 Å². The lowest BCUT2D eigenvalue weighted by Crippen LogP contribution is -2.32. The van der Waals surface area contributed by atoms with Crippen molar-refractivity contribution in [2.24, 2.45) is 0 Å². The van der Waals surface area contributed by atoms with Gasteiger partial charge in [-0.2, -0.15) is 0 Å². The monoisotopic (exact) mass is 385 g/mol. The molecule has 24 heavy (non-hydrogen) atoms. The van der Waals surface area contributed by atoms with Gasteiger partial charge in [0.15, 0.2) is 0 Å². The average molecular weight is 386 g/mol. The minimum absolute atomic E-state index is 0.110. The van der Waals surface area contributed by atoms with Crippen LogP contribution in [-0.2, 0) is 6.54 Å². The minimum atomic E-state index is -0.194. The van der Waals surface area contributed by atoms with Gasteiger partial charge in [-0.05, 0) is 47.1 Å². The Bertz CT molecular complexity index is 952. The van der Waals surface area contributed by atoms with Crippen LogP contribution in [0.25, 0.3) is 10.9 Å². The third kappa shape index (κ3) is 3.23. The predicted octanol–water partition coefficient (Wildman–Crippen LogP) is 3.35. The molecule has 2 aromatic carbocycles. The van der Waals surface area contributed by atoms with Gasteiger partial charge in [-0.3, -0.25) is 9.59 Å². The summed E-state index contributed by atoms with van der Waals surface area (Å²) in [5, 5.41) is 0.543. The second-order valence-electron chi connectivity index (χ2n) is 5.33. The second-order valence-corrected chi connectivity index (χ2v) is 6.18. The molecule has 0 saturated heterocycles. The summed E-state index contributed by atoms with van der Waals surface area (Å²) < 4.78 is 0.744. The Balaban J connectivity index is 1.92. The summed E-state index contributed by atoms with van der Waals surface area (Å²) in [6.45, 7) is 2.65. The van der Waals surface area contributed by atoms with Gasteiger partial charge >= 0.3 is 0 Å².